The van der Waals surface area contributed by atoms with E-state index >= 15 is 0 Å². The van der Waals surface area contributed by atoms with Gasteiger partial charge in [0.15, 0.2) is 6.61 Å². The summed E-state index contributed by atoms with van der Waals surface area (Å²) in [6.07, 6.45) is 1.10. The molecule has 5 nitrogen and oxygen atoms in total. The summed E-state index contributed by atoms with van der Waals surface area (Å²) in [5.41, 5.74) is 3.56. The number of hydrogen-bond donors (Lipinski definition) is 2. The topological polar surface area (TPSA) is 67.4 Å². The molecular weight excluding hydrogens is 292 g/mol. The Bertz CT molecular complexity index is 738. The normalized spacial score (nSPS) is 12.8. The van der Waals surface area contributed by atoms with Crippen molar-refractivity contribution in [3.8, 4) is 5.75 Å². The van der Waals surface area contributed by atoms with Gasteiger partial charge in [-0.1, -0.05) is 29.8 Å². The Morgan fingerprint density at radius 1 is 1.22 bits per heavy atom. The van der Waals surface area contributed by atoms with E-state index < -0.39 is 0 Å². The molecule has 118 valence electrons. The Balaban J connectivity index is 1.58. The van der Waals surface area contributed by atoms with Crippen LogP contribution in [0.5, 0.6) is 5.75 Å². The Kier molecular flexibility index (Phi) is 4.28. The van der Waals surface area contributed by atoms with Crippen molar-refractivity contribution in [2.45, 2.75) is 19.8 Å². The van der Waals surface area contributed by atoms with E-state index in [1.165, 1.54) is 5.56 Å². The zero-order valence-corrected chi connectivity index (χ0v) is 12.9. The second-order valence-electron chi connectivity index (χ2n) is 5.58. The standard InChI is InChI=1S/C18H18N2O3/c1-12-2-4-13(5-3-12)6-9-17(21)19-14-7-8-16-15(10-14)20-18(22)11-23-16/h2-5,7-8,10H,6,9,11H2,1H3,(H,19,21)(H,20,22). The highest BCUT2D eigenvalue weighted by atomic mass is 16.5. The summed E-state index contributed by atoms with van der Waals surface area (Å²) in [5.74, 6) is 0.358. The van der Waals surface area contributed by atoms with Crippen molar-refractivity contribution in [2.24, 2.45) is 0 Å². The number of hydrogen-bond acceptors (Lipinski definition) is 3. The highest BCUT2D eigenvalue weighted by Crippen LogP contribution is 2.30. The molecule has 2 N–H and O–H groups in total. The van der Waals surface area contributed by atoms with E-state index in [9.17, 15) is 9.59 Å². The van der Waals surface area contributed by atoms with Crippen LogP contribution in [0, 0.1) is 6.92 Å². The lowest BCUT2D eigenvalue weighted by Gasteiger charge is -2.18. The maximum absolute atomic E-state index is 12.1. The minimum absolute atomic E-state index is 0.0231. The van der Waals surface area contributed by atoms with Crippen molar-refractivity contribution in [3.63, 3.8) is 0 Å². The summed E-state index contributed by atoms with van der Waals surface area (Å²) >= 11 is 0. The van der Waals surface area contributed by atoms with Crippen molar-refractivity contribution in [1.29, 1.82) is 0 Å². The second-order valence-corrected chi connectivity index (χ2v) is 5.58. The Labute approximate surface area is 134 Å². The molecule has 0 saturated carbocycles. The summed E-state index contributed by atoms with van der Waals surface area (Å²) < 4.78 is 5.29. The maximum Gasteiger partial charge on any atom is 0.262 e. The summed E-state index contributed by atoms with van der Waals surface area (Å²) in [6, 6.07) is 13.4. The third-order valence-electron chi connectivity index (χ3n) is 3.66. The molecule has 23 heavy (non-hydrogen) atoms. The van der Waals surface area contributed by atoms with Gasteiger partial charge in [-0.15, -0.1) is 0 Å². The van der Waals surface area contributed by atoms with E-state index in [0.29, 0.717) is 30.0 Å². The predicted molar refractivity (Wildman–Crippen MR) is 88.7 cm³/mol. The molecule has 0 bridgehead atoms. The van der Waals surface area contributed by atoms with Gasteiger partial charge in [0.05, 0.1) is 5.69 Å². The first-order chi connectivity index (χ1) is 11.1. The van der Waals surface area contributed by atoms with E-state index in [4.69, 9.17) is 4.74 Å². The van der Waals surface area contributed by atoms with Crippen molar-refractivity contribution in [3.05, 3.63) is 53.6 Å². The van der Waals surface area contributed by atoms with Crippen LogP contribution in [-0.2, 0) is 16.0 Å². The Morgan fingerprint density at radius 2 is 2.00 bits per heavy atom. The van der Waals surface area contributed by atoms with Crippen molar-refractivity contribution >= 4 is 23.2 Å². The van der Waals surface area contributed by atoms with Crippen LogP contribution >= 0.6 is 0 Å². The molecule has 0 unspecified atom stereocenters. The molecule has 0 saturated heterocycles. The average molecular weight is 310 g/mol. The van der Waals surface area contributed by atoms with Crippen molar-refractivity contribution in [2.75, 3.05) is 17.2 Å². The molecule has 2 aromatic rings. The number of ether oxygens (including phenoxy) is 1. The highest BCUT2D eigenvalue weighted by molar-refractivity contribution is 5.97. The monoisotopic (exact) mass is 310 g/mol. The lowest BCUT2D eigenvalue weighted by molar-refractivity contribution is -0.118. The molecular formula is C18H18N2O3. The molecule has 5 heteroatoms. The van der Waals surface area contributed by atoms with Crippen LogP contribution < -0.4 is 15.4 Å². The molecule has 2 amide bonds. The van der Waals surface area contributed by atoms with Gasteiger partial charge in [-0.2, -0.15) is 0 Å². The van der Waals surface area contributed by atoms with Gasteiger partial charge in [0.2, 0.25) is 5.91 Å². The Morgan fingerprint density at radius 3 is 2.78 bits per heavy atom. The van der Waals surface area contributed by atoms with Crippen molar-refractivity contribution in [1.82, 2.24) is 0 Å². The predicted octanol–water partition coefficient (Wildman–Crippen LogP) is 2.90. The minimum atomic E-state index is -0.194. The number of rotatable bonds is 4. The molecule has 2 aromatic carbocycles. The largest absolute Gasteiger partial charge is 0.482 e. The minimum Gasteiger partial charge on any atom is -0.482 e. The van der Waals surface area contributed by atoms with Gasteiger partial charge < -0.3 is 15.4 Å². The second kappa shape index (κ2) is 6.52. The molecule has 0 fully saturated rings. The molecule has 0 spiro atoms. The quantitative estimate of drug-likeness (QED) is 0.912. The number of fused-ring (bicyclic) bond motifs is 1. The van der Waals surface area contributed by atoms with Crippen LogP contribution in [-0.4, -0.2) is 18.4 Å². The SMILES string of the molecule is Cc1ccc(CCC(=O)Nc2ccc3c(c2)NC(=O)CO3)cc1. The zero-order chi connectivity index (χ0) is 16.2. The van der Waals surface area contributed by atoms with Gasteiger partial charge in [0.25, 0.3) is 5.91 Å². The Hall–Kier alpha value is -2.82. The van der Waals surface area contributed by atoms with Crippen molar-refractivity contribution < 1.29 is 14.3 Å². The van der Waals surface area contributed by atoms with Crippen LogP contribution in [0.25, 0.3) is 0 Å². The van der Waals surface area contributed by atoms with Crippen LogP contribution in [0.4, 0.5) is 11.4 Å². The molecule has 1 aliphatic rings. The lowest BCUT2D eigenvalue weighted by Crippen LogP contribution is -2.25. The summed E-state index contributed by atoms with van der Waals surface area (Å²) in [4.78, 5) is 23.4. The summed E-state index contributed by atoms with van der Waals surface area (Å²) in [5, 5.41) is 5.56. The van der Waals surface area contributed by atoms with Gasteiger partial charge in [-0.25, -0.2) is 0 Å². The highest BCUT2D eigenvalue weighted by Gasteiger charge is 2.16. The number of amides is 2. The van der Waals surface area contributed by atoms with E-state index in [0.717, 1.165) is 5.56 Å². The molecule has 3 rings (SSSR count). The van der Waals surface area contributed by atoms with Gasteiger partial charge in [-0.3, -0.25) is 9.59 Å². The first kappa shape index (κ1) is 15.1. The van der Waals surface area contributed by atoms with Gasteiger partial charge in [-0.05, 0) is 37.1 Å². The first-order valence-corrected chi connectivity index (χ1v) is 7.52. The number of carbonyl (C=O) groups is 2. The third kappa shape index (κ3) is 3.88. The third-order valence-corrected chi connectivity index (χ3v) is 3.66. The summed E-state index contributed by atoms with van der Waals surface area (Å²) in [6.45, 7) is 2.06. The van der Waals surface area contributed by atoms with E-state index in [1.807, 2.05) is 31.2 Å². The van der Waals surface area contributed by atoms with Gasteiger partial charge in [0.1, 0.15) is 5.75 Å². The fraction of sp³-hybridized carbons (Fsp3) is 0.222. The summed E-state index contributed by atoms with van der Waals surface area (Å²) in [7, 11) is 0. The number of anilines is 2. The molecule has 0 aromatic heterocycles. The molecule has 0 radical (unpaired) electrons. The number of aryl methyl sites for hydroxylation is 2. The maximum atomic E-state index is 12.1. The fourth-order valence-corrected chi connectivity index (χ4v) is 2.40. The van der Waals surface area contributed by atoms with E-state index in [-0.39, 0.29) is 18.4 Å². The van der Waals surface area contributed by atoms with E-state index in [1.54, 1.807) is 18.2 Å². The fourth-order valence-electron chi connectivity index (χ4n) is 2.40. The molecule has 0 atom stereocenters. The molecule has 1 aliphatic heterocycles. The number of carbonyl (C=O) groups excluding carboxylic acids is 2. The molecule has 1 heterocycles. The first-order valence-electron chi connectivity index (χ1n) is 7.52. The van der Waals surface area contributed by atoms with Crippen LogP contribution in [0.15, 0.2) is 42.5 Å². The number of nitrogens with one attached hydrogen (secondary N) is 2. The average Bonchev–Trinajstić information content (AvgIpc) is 2.54. The van der Waals surface area contributed by atoms with Gasteiger partial charge in [0, 0.05) is 12.1 Å². The number of benzene rings is 2. The van der Waals surface area contributed by atoms with Crippen LogP contribution in [0.1, 0.15) is 17.5 Å². The van der Waals surface area contributed by atoms with Crippen LogP contribution in [0.2, 0.25) is 0 Å². The van der Waals surface area contributed by atoms with Gasteiger partial charge >= 0.3 is 0 Å². The lowest BCUT2D eigenvalue weighted by atomic mass is 10.1. The van der Waals surface area contributed by atoms with Crippen LogP contribution in [0.3, 0.4) is 0 Å². The smallest absolute Gasteiger partial charge is 0.262 e. The zero-order valence-electron chi connectivity index (χ0n) is 12.9. The molecule has 0 aliphatic carbocycles. The van der Waals surface area contributed by atoms with E-state index in [2.05, 4.69) is 10.6 Å².